The molecule has 0 radical (unpaired) electrons. The van der Waals surface area contributed by atoms with Crippen molar-refractivity contribution in [2.75, 3.05) is 0 Å². The molecule has 0 aromatic heterocycles. The minimum atomic E-state index is 0. The summed E-state index contributed by atoms with van der Waals surface area (Å²) in [6.07, 6.45) is 0. The summed E-state index contributed by atoms with van der Waals surface area (Å²) in [7, 11) is 0. The minimum Gasteiger partial charge on any atom is -0.693 e. The predicted molar refractivity (Wildman–Crippen MR) is 32.5 cm³/mol. The van der Waals surface area contributed by atoms with Gasteiger partial charge in [0, 0.05) is 0 Å². The molecule has 0 saturated carbocycles. The first-order valence-corrected chi connectivity index (χ1v) is 0.224. The molecule has 0 bridgehead atoms. The monoisotopic (exact) mass is 304 g/mol. The molecule has 0 fully saturated rings. The van der Waals surface area contributed by atoms with Gasteiger partial charge in [0.15, 0.2) is 0 Å². The molecule has 8 heavy (non-hydrogen) atoms. The van der Waals surface area contributed by atoms with Gasteiger partial charge in [-0.2, -0.15) is 0 Å². The van der Waals surface area contributed by atoms with Crippen LogP contribution in [-0.2, 0) is 19.8 Å². The molecule has 0 aromatic rings. The van der Waals surface area contributed by atoms with E-state index in [1.807, 2.05) is 0 Å². The molecule has 0 atom stereocenters. The Morgan fingerprint density at radius 1 is 0.625 bits per heavy atom. The average Bonchev–Trinajstić information content (AvgIpc) is 1.00. The molecular weight excluding hydrogens is 290 g/mol. The molecule has 56 valence electrons. The molecule has 0 unspecified atom stereocenters. The van der Waals surface area contributed by atoms with Crippen LogP contribution < -0.4 is 0 Å². The van der Waals surface area contributed by atoms with Gasteiger partial charge in [-0.05, 0) is 0 Å². The van der Waals surface area contributed by atoms with Crippen LogP contribution in [0.3, 0.4) is 0 Å². The van der Waals surface area contributed by atoms with Gasteiger partial charge >= 0.3 is 19.8 Å². The van der Waals surface area contributed by atoms with E-state index in [1.54, 1.807) is 0 Å². The van der Waals surface area contributed by atoms with Gasteiger partial charge in [0.2, 0.25) is 0 Å². The summed E-state index contributed by atoms with van der Waals surface area (Å²) in [5.74, 6) is 4.75. The fourth-order valence-electron chi connectivity index (χ4n) is 0. The van der Waals surface area contributed by atoms with Crippen molar-refractivity contribution in [3.8, 4) is 0 Å². The summed E-state index contributed by atoms with van der Waals surface area (Å²) in [4.78, 5) is 0. The molecule has 0 amide bonds. The van der Waals surface area contributed by atoms with Crippen molar-refractivity contribution in [1.82, 2.24) is 0 Å². The van der Waals surface area contributed by atoms with E-state index in [-0.39, 0.29) is 50.5 Å². The largest absolute Gasteiger partial charge is 6.00 e. The van der Waals surface area contributed by atoms with Crippen LogP contribution in [0.25, 0.3) is 36.6 Å². The quantitative estimate of drug-likeness (QED) is 0.645. The molecule has 8 heteroatoms. The van der Waals surface area contributed by atoms with Gasteiger partial charge in [0.05, 0.1) is 0 Å². The molecule has 0 saturated heterocycles. The van der Waals surface area contributed by atoms with Crippen LogP contribution in [0.5, 0.6) is 0 Å². The fraction of sp³-hybridized carbons (Fsp3) is 0. The standard InChI is InChI=1S/H2NO.5H2N.Os/c1-2;;;;;;/h1-2H;5*1H2;/q6*-1;+6. The van der Waals surface area contributed by atoms with E-state index in [0.29, 0.717) is 0 Å². The minimum absolute atomic E-state index is 0. The number of nitrogens with two attached hydrogens (primary N) is 5. The summed E-state index contributed by atoms with van der Waals surface area (Å²) in [6, 6.07) is 0. The first-order chi connectivity index (χ1) is 1.00. The van der Waals surface area contributed by atoms with E-state index >= 15 is 0 Å². The van der Waals surface area contributed by atoms with Gasteiger partial charge in [-0.3, -0.25) is 0 Å². The van der Waals surface area contributed by atoms with E-state index in [2.05, 4.69) is 0 Å². The smallest absolute Gasteiger partial charge is 0.693 e. The molecule has 0 aliphatic rings. The van der Waals surface area contributed by atoms with Gasteiger partial charge in [0.1, 0.15) is 0 Å². The Labute approximate surface area is 62.3 Å². The van der Waals surface area contributed by atoms with Crippen molar-refractivity contribution in [3.05, 3.63) is 36.6 Å². The maximum absolute atomic E-state index is 6.25. The Balaban J connectivity index is -0.000000000333. The number of hydrogen-bond acceptors (Lipinski definition) is 1. The Bertz CT molecular complexity index is 8.49. The van der Waals surface area contributed by atoms with Gasteiger partial charge in [-0.15, -0.1) is 0 Å². The normalized spacial score (nSPS) is 0.750. The SMILES string of the molecule is [NH-]O.[NH2-].[NH2-].[NH2-].[NH2-].[NH2-].[Os+6]. The number of rotatable bonds is 0. The number of nitrogens with one attached hydrogen (secondary N) is 1. The second kappa shape index (κ2) is 2340. The molecule has 12 N–H and O–H groups in total. The summed E-state index contributed by atoms with van der Waals surface area (Å²) in [5.41, 5.74) is 0. The predicted octanol–water partition coefficient (Wildman–Crippen LogP) is 4.01. The van der Waals surface area contributed by atoms with Gasteiger partial charge in [-0.25, -0.2) is 0 Å². The van der Waals surface area contributed by atoms with Crippen molar-refractivity contribution >= 4 is 0 Å². The molecule has 0 heterocycles. The van der Waals surface area contributed by atoms with Crippen LogP contribution in [0.1, 0.15) is 0 Å². The molecule has 0 rings (SSSR count). The van der Waals surface area contributed by atoms with Crippen LogP contribution in [0, 0.1) is 0 Å². The zero-order valence-corrected chi connectivity index (χ0v) is 6.73. The van der Waals surface area contributed by atoms with E-state index in [0.717, 1.165) is 0 Å². The van der Waals surface area contributed by atoms with Crippen LogP contribution in [0.15, 0.2) is 0 Å². The average molecular weight is 302 g/mol. The van der Waals surface area contributed by atoms with Gasteiger partial charge in [-0.1, -0.05) is 0 Å². The van der Waals surface area contributed by atoms with Crippen LogP contribution in [0.4, 0.5) is 0 Å². The Morgan fingerprint density at radius 2 is 0.625 bits per heavy atom. The first kappa shape index (κ1) is 246. The fourth-order valence-corrected chi connectivity index (χ4v) is 0. The summed E-state index contributed by atoms with van der Waals surface area (Å²) < 4.78 is 0. The van der Waals surface area contributed by atoms with E-state index in [4.69, 9.17) is 11.1 Å². The molecule has 7 nitrogen and oxygen atoms in total. The van der Waals surface area contributed by atoms with Crippen molar-refractivity contribution < 1.29 is 25.0 Å². The topological polar surface area (TPSA) is 212 Å². The summed E-state index contributed by atoms with van der Waals surface area (Å²) >= 11 is 0. The van der Waals surface area contributed by atoms with Crippen molar-refractivity contribution in [2.24, 2.45) is 0 Å². The van der Waals surface area contributed by atoms with E-state index in [9.17, 15) is 0 Å². The maximum atomic E-state index is 6.25. The second-order valence-corrected chi connectivity index (χ2v) is 0. The third-order valence-corrected chi connectivity index (χ3v) is 0. The molecule has 0 aliphatic carbocycles. The van der Waals surface area contributed by atoms with E-state index < -0.39 is 0 Å². The van der Waals surface area contributed by atoms with Crippen LogP contribution >= 0.6 is 0 Å². The van der Waals surface area contributed by atoms with Gasteiger partial charge < -0.3 is 41.9 Å². The molecule has 0 spiro atoms. The Morgan fingerprint density at radius 3 is 0.625 bits per heavy atom. The Hall–Kier alpha value is 0.356. The van der Waals surface area contributed by atoms with E-state index in [1.165, 1.54) is 0 Å². The Kier molecular flexibility index (Phi) is 71900. The number of hydrogen-bond donors (Lipinski definition) is 1. The van der Waals surface area contributed by atoms with Crippen molar-refractivity contribution in [3.63, 3.8) is 0 Å². The third-order valence-electron chi connectivity index (χ3n) is 0. The van der Waals surface area contributed by atoms with Crippen LogP contribution in [-0.4, -0.2) is 5.21 Å². The first-order valence-electron chi connectivity index (χ1n) is 0.224. The summed E-state index contributed by atoms with van der Waals surface area (Å²) in [6.45, 7) is 0. The van der Waals surface area contributed by atoms with Crippen molar-refractivity contribution in [1.29, 1.82) is 0 Å². The maximum Gasteiger partial charge on any atom is 6.00 e. The van der Waals surface area contributed by atoms with Crippen LogP contribution in [0.2, 0.25) is 0 Å². The molecule has 0 aromatic carbocycles. The van der Waals surface area contributed by atoms with Crippen molar-refractivity contribution in [2.45, 2.75) is 0 Å². The molecular formula is H12N6OOs. The zero-order valence-electron chi connectivity index (χ0n) is 4.19. The summed E-state index contributed by atoms with van der Waals surface area (Å²) in [5, 5.41) is 6.25. The molecule has 0 aliphatic heterocycles. The van der Waals surface area contributed by atoms with Gasteiger partial charge in [0.25, 0.3) is 0 Å². The third kappa shape index (κ3) is 1440. The second-order valence-electron chi connectivity index (χ2n) is 0. The zero-order chi connectivity index (χ0) is 2.00.